The molecule has 0 amide bonds. The van der Waals surface area contributed by atoms with Crippen molar-refractivity contribution in [1.29, 1.82) is 0 Å². The number of aromatic nitrogens is 2. The van der Waals surface area contributed by atoms with Crippen molar-refractivity contribution in [2.45, 2.75) is 12.3 Å². The van der Waals surface area contributed by atoms with Gasteiger partial charge in [0.15, 0.2) is 0 Å². The normalized spacial score (nSPS) is 12.8. The molecule has 6 heteroatoms. The lowest BCUT2D eigenvalue weighted by atomic mass is 10.2. The van der Waals surface area contributed by atoms with E-state index in [2.05, 4.69) is 69.5 Å². The van der Waals surface area contributed by atoms with Crippen LogP contribution in [-0.2, 0) is 0 Å². The molecule has 1 aromatic heterocycles. The lowest BCUT2D eigenvalue weighted by Crippen LogP contribution is -2.02. The first-order chi connectivity index (χ1) is 9.97. The van der Waals surface area contributed by atoms with Gasteiger partial charge in [0, 0.05) is 13.4 Å². The summed E-state index contributed by atoms with van der Waals surface area (Å²) in [6, 6.07) is 12.1. The van der Waals surface area contributed by atoms with Gasteiger partial charge in [-0.2, -0.15) is 0 Å². The van der Waals surface area contributed by atoms with Crippen molar-refractivity contribution in [1.82, 2.24) is 9.55 Å². The molecule has 0 aliphatic heterocycles. The number of hydrogen-bond acceptors (Lipinski definition) is 1. The summed E-state index contributed by atoms with van der Waals surface area (Å²) in [4.78, 5) is 4.67. The second kappa shape index (κ2) is 6.03. The first-order valence-corrected chi connectivity index (χ1v) is 9.06. The molecule has 1 atom stereocenters. The lowest BCUT2D eigenvalue weighted by molar-refractivity contribution is 0.880. The number of imidazole rings is 1. The highest BCUT2D eigenvalue weighted by atomic mass is 79.9. The van der Waals surface area contributed by atoms with Gasteiger partial charge < -0.3 is 0 Å². The molecule has 21 heavy (non-hydrogen) atoms. The van der Waals surface area contributed by atoms with Gasteiger partial charge >= 0.3 is 0 Å². The van der Waals surface area contributed by atoms with Crippen molar-refractivity contribution in [3.63, 3.8) is 0 Å². The van der Waals surface area contributed by atoms with Crippen LogP contribution in [0.5, 0.6) is 0 Å². The average molecular weight is 493 g/mol. The summed E-state index contributed by atoms with van der Waals surface area (Å²) in [6.45, 7) is 1.93. The van der Waals surface area contributed by atoms with E-state index >= 15 is 0 Å². The van der Waals surface area contributed by atoms with Crippen LogP contribution >= 0.6 is 59.4 Å². The van der Waals surface area contributed by atoms with Gasteiger partial charge in [-0.05, 0) is 59.3 Å². The summed E-state index contributed by atoms with van der Waals surface area (Å²) < 4.78 is 5.09. The summed E-state index contributed by atoms with van der Waals surface area (Å²) in [5, 5.41) is -0.193. The smallest absolute Gasteiger partial charge is 0.132 e. The monoisotopic (exact) mass is 490 g/mol. The van der Waals surface area contributed by atoms with Crippen molar-refractivity contribution in [3.8, 4) is 5.69 Å². The van der Waals surface area contributed by atoms with Crippen LogP contribution in [0.1, 0.15) is 18.1 Å². The summed E-state index contributed by atoms with van der Waals surface area (Å²) in [7, 11) is 0. The fraction of sp³-hybridized carbons (Fsp3) is 0.133. The van der Waals surface area contributed by atoms with Gasteiger partial charge in [-0.15, -0.1) is 11.6 Å². The summed E-state index contributed by atoms with van der Waals surface area (Å²) in [5.74, 6) is 0.823. The molecule has 1 unspecified atom stereocenters. The van der Waals surface area contributed by atoms with Gasteiger partial charge in [-0.1, -0.05) is 31.9 Å². The first-order valence-electron chi connectivity index (χ1n) is 6.25. The number of benzene rings is 2. The Labute approximate surface area is 152 Å². The zero-order valence-corrected chi connectivity index (χ0v) is 16.5. The Hall–Kier alpha value is -0.360. The Balaban J connectivity index is 2.41. The molecule has 2 aromatic carbocycles. The topological polar surface area (TPSA) is 17.8 Å². The molecule has 0 saturated carbocycles. The van der Waals surface area contributed by atoms with Gasteiger partial charge in [0.25, 0.3) is 0 Å². The van der Waals surface area contributed by atoms with Gasteiger partial charge in [-0.3, -0.25) is 4.57 Å². The molecule has 0 fully saturated rings. The molecule has 0 spiro atoms. The Morgan fingerprint density at radius 2 is 1.71 bits per heavy atom. The van der Waals surface area contributed by atoms with Crippen molar-refractivity contribution in [2.24, 2.45) is 0 Å². The minimum absolute atomic E-state index is 0.193. The predicted molar refractivity (Wildman–Crippen MR) is 98.4 cm³/mol. The van der Waals surface area contributed by atoms with Gasteiger partial charge in [0.1, 0.15) is 5.82 Å². The second-order valence-electron chi connectivity index (χ2n) is 4.65. The Kier molecular flexibility index (Phi) is 4.46. The highest BCUT2D eigenvalue weighted by Crippen LogP contribution is 2.34. The van der Waals surface area contributed by atoms with E-state index in [-0.39, 0.29) is 5.38 Å². The zero-order valence-electron chi connectivity index (χ0n) is 10.9. The quantitative estimate of drug-likeness (QED) is 0.367. The van der Waals surface area contributed by atoms with Crippen molar-refractivity contribution < 1.29 is 0 Å². The van der Waals surface area contributed by atoms with E-state index in [4.69, 9.17) is 11.6 Å². The van der Waals surface area contributed by atoms with Gasteiger partial charge in [0.2, 0.25) is 0 Å². The molecule has 3 rings (SSSR count). The standard InChI is InChI=1S/C15H10Br3ClN2/c1-8(19)15-20-12-5-3-10(17)7-14(12)21(15)13-6-9(16)2-4-11(13)18/h2-8H,1H3. The van der Waals surface area contributed by atoms with Crippen molar-refractivity contribution in [2.75, 3.05) is 0 Å². The van der Waals surface area contributed by atoms with Gasteiger partial charge in [0.05, 0.1) is 22.1 Å². The number of fused-ring (bicyclic) bond motifs is 1. The number of nitrogens with zero attached hydrogens (tertiary/aromatic N) is 2. The van der Waals surface area contributed by atoms with E-state index in [0.29, 0.717) is 0 Å². The predicted octanol–water partition coefficient (Wildman–Crippen LogP) is 6.61. The van der Waals surface area contributed by atoms with E-state index in [1.807, 2.05) is 31.2 Å². The fourth-order valence-corrected chi connectivity index (χ4v) is 3.51. The van der Waals surface area contributed by atoms with E-state index in [1.165, 1.54) is 0 Å². The first kappa shape index (κ1) is 15.5. The van der Waals surface area contributed by atoms with Crippen LogP contribution in [0.3, 0.4) is 0 Å². The maximum atomic E-state index is 6.34. The maximum absolute atomic E-state index is 6.34. The Morgan fingerprint density at radius 1 is 1.05 bits per heavy atom. The van der Waals surface area contributed by atoms with Gasteiger partial charge in [-0.25, -0.2) is 4.98 Å². The molecule has 0 aliphatic rings. The van der Waals surface area contributed by atoms with Crippen LogP contribution < -0.4 is 0 Å². The van der Waals surface area contributed by atoms with Crippen LogP contribution in [0, 0.1) is 0 Å². The molecule has 108 valence electrons. The second-order valence-corrected chi connectivity index (χ2v) is 7.99. The Morgan fingerprint density at radius 3 is 2.43 bits per heavy atom. The number of hydrogen-bond donors (Lipinski definition) is 0. The largest absolute Gasteiger partial charge is 0.294 e. The van der Waals surface area contributed by atoms with Crippen molar-refractivity contribution in [3.05, 3.63) is 55.6 Å². The van der Waals surface area contributed by atoms with Crippen LogP contribution in [0.2, 0.25) is 0 Å². The number of alkyl halides is 1. The molecule has 0 bridgehead atoms. The molecule has 0 saturated heterocycles. The van der Waals surface area contributed by atoms with Crippen LogP contribution in [0.4, 0.5) is 0 Å². The summed E-state index contributed by atoms with van der Waals surface area (Å²) in [6.07, 6.45) is 0. The average Bonchev–Trinajstić information content (AvgIpc) is 2.80. The molecular formula is C15H10Br3ClN2. The molecule has 3 aromatic rings. The number of rotatable bonds is 2. The molecule has 2 nitrogen and oxygen atoms in total. The molecular weight excluding hydrogens is 483 g/mol. The maximum Gasteiger partial charge on any atom is 0.132 e. The van der Waals surface area contributed by atoms with Crippen LogP contribution in [-0.4, -0.2) is 9.55 Å². The Bertz CT molecular complexity index is 827. The highest BCUT2D eigenvalue weighted by molar-refractivity contribution is 9.11. The number of halogens is 4. The summed E-state index contributed by atoms with van der Waals surface area (Å²) in [5.41, 5.74) is 2.95. The third-order valence-corrected chi connectivity index (χ3v) is 5.00. The SMILES string of the molecule is CC(Cl)c1nc2ccc(Br)cc2n1-c1cc(Br)ccc1Br. The minimum atomic E-state index is -0.193. The third kappa shape index (κ3) is 2.93. The molecule has 1 heterocycles. The zero-order chi connectivity index (χ0) is 15.1. The fourth-order valence-electron chi connectivity index (χ4n) is 2.24. The van der Waals surface area contributed by atoms with Crippen molar-refractivity contribution >= 4 is 70.4 Å². The molecule has 0 radical (unpaired) electrons. The lowest BCUT2D eigenvalue weighted by Gasteiger charge is -2.13. The minimum Gasteiger partial charge on any atom is -0.294 e. The van der Waals surface area contributed by atoms with Crippen LogP contribution in [0.25, 0.3) is 16.7 Å². The third-order valence-electron chi connectivity index (χ3n) is 3.15. The van der Waals surface area contributed by atoms with Crippen LogP contribution in [0.15, 0.2) is 49.8 Å². The molecule has 0 N–H and O–H groups in total. The van der Waals surface area contributed by atoms with E-state index in [1.54, 1.807) is 0 Å². The highest BCUT2D eigenvalue weighted by Gasteiger charge is 2.18. The van der Waals surface area contributed by atoms with E-state index < -0.39 is 0 Å². The van der Waals surface area contributed by atoms with E-state index in [9.17, 15) is 0 Å². The van der Waals surface area contributed by atoms with E-state index in [0.717, 1.165) is 36.0 Å². The summed E-state index contributed by atoms with van der Waals surface area (Å²) >= 11 is 17.0. The molecule has 0 aliphatic carbocycles.